The number of esters is 6. The normalized spacial score (nSPS) is 20.4. The third-order valence-electron chi connectivity index (χ3n) is 12.3. The number of ether oxygens (including phenoxy) is 7. The van der Waals surface area contributed by atoms with E-state index in [1.165, 1.54) is 0 Å². The molecular weight excluding hydrogens is 1060 g/mol. The predicted molar refractivity (Wildman–Crippen MR) is 244 cm³/mol. The summed E-state index contributed by atoms with van der Waals surface area (Å²) in [6.45, 7) is -1.47. The monoisotopic (exact) mass is 1090 g/mol. The second-order valence-electron chi connectivity index (χ2n) is 16.9. The van der Waals surface area contributed by atoms with E-state index in [-0.39, 0.29) is 16.7 Å². The third-order valence-corrected chi connectivity index (χ3v) is 12.3. The summed E-state index contributed by atoms with van der Waals surface area (Å²) in [6.07, 6.45) is -13.5. The highest BCUT2D eigenvalue weighted by Gasteiger charge is 2.59. The number of aldehydes is 1. The van der Waals surface area contributed by atoms with E-state index in [0.29, 0.717) is 30.3 Å². The minimum Gasteiger partial charge on any atom is -0.504 e. The molecule has 0 fully saturated rings. The number of fused-ring (bicyclic) bond motifs is 3. The largest absolute Gasteiger partial charge is 0.519 e. The first kappa shape index (κ1) is 51.7. The van der Waals surface area contributed by atoms with Crippen LogP contribution in [0.3, 0.4) is 0 Å². The molecule has 30 nitrogen and oxygen atoms in total. The standard InChI is InChI=1S/C48H32O30/c49-8-24(74-48(71)15-6-20(54)32(60)37(65)38(15)73-23-7-14-28-27-13(46(69)78-42(28)34(23)62)5-21(55)33(61)41(27)77-47(14)70)40(76-43(66)10-1-16(50)29(57)17(51)2-10)39-22(56)9-72-44(67)11-3-18(52)30(58)35(63)25(11)26-12(45(68)75-39)4-19(53)31(59)36(26)64/h1-8,22,24,39-42,50-65H,9H2/p+2. The Morgan fingerprint density at radius 2 is 1.09 bits per heavy atom. The van der Waals surface area contributed by atoms with Gasteiger partial charge in [-0.1, -0.05) is 0 Å². The van der Waals surface area contributed by atoms with Crippen LogP contribution in [0.5, 0.6) is 74.7 Å². The van der Waals surface area contributed by atoms with Gasteiger partial charge in [0.05, 0.1) is 27.8 Å². The van der Waals surface area contributed by atoms with Gasteiger partial charge in [0.1, 0.15) is 29.4 Å². The topological polar surface area (TPSA) is 516 Å². The van der Waals surface area contributed by atoms with Crippen molar-refractivity contribution in [3.8, 4) is 85.9 Å². The molecule has 0 radical (unpaired) electrons. The van der Waals surface area contributed by atoms with Crippen molar-refractivity contribution in [1.82, 2.24) is 0 Å². The molecule has 18 N–H and O–H groups in total. The van der Waals surface area contributed by atoms with Gasteiger partial charge < -0.3 is 124 Å². The average molecular weight is 1090 g/mol. The number of aromatic hydroxyl groups is 12. The van der Waals surface area contributed by atoms with E-state index in [1.54, 1.807) is 0 Å². The number of carbonyl (C=O) groups excluding carboxylic acids is 7. The van der Waals surface area contributed by atoms with Crippen molar-refractivity contribution in [3.05, 3.63) is 110 Å². The summed E-state index contributed by atoms with van der Waals surface area (Å²) in [5.41, 5.74) is -7.78. The zero-order chi connectivity index (χ0) is 56.8. The third kappa shape index (κ3) is 8.17. The van der Waals surface area contributed by atoms with E-state index >= 15 is 0 Å². The number of phenolic OH excluding ortho intramolecular Hbond substituents is 12. The summed E-state index contributed by atoms with van der Waals surface area (Å²) in [6, 6.07) is 1.97. The van der Waals surface area contributed by atoms with Gasteiger partial charge in [0.2, 0.25) is 34.5 Å². The number of aliphatic hydroxyl groups excluding tert-OH is 4. The fourth-order valence-corrected chi connectivity index (χ4v) is 8.57. The number of rotatable bonds is 9. The molecule has 404 valence electrons. The molecule has 0 amide bonds. The van der Waals surface area contributed by atoms with Gasteiger partial charge >= 0.3 is 35.8 Å². The summed E-state index contributed by atoms with van der Waals surface area (Å²) in [5.74, 6) is -30.8. The van der Waals surface area contributed by atoms with E-state index in [1.807, 2.05) is 0 Å². The van der Waals surface area contributed by atoms with Crippen LogP contribution < -0.4 is 4.74 Å². The predicted octanol–water partition coefficient (Wildman–Crippen LogP) is 0.983. The molecular formula is C48H34O30+2. The van der Waals surface area contributed by atoms with Crippen LogP contribution in [-0.4, -0.2) is 177 Å². The van der Waals surface area contributed by atoms with Gasteiger partial charge in [-0.2, -0.15) is 0 Å². The van der Waals surface area contributed by atoms with Crippen molar-refractivity contribution >= 4 is 42.1 Å². The Morgan fingerprint density at radius 3 is 1.65 bits per heavy atom. The van der Waals surface area contributed by atoms with Crippen LogP contribution in [0.15, 0.2) is 87.8 Å². The summed E-state index contributed by atoms with van der Waals surface area (Å²) in [5, 5.41) is 171. The van der Waals surface area contributed by atoms with E-state index < -0.39 is 222 Å². The molecule has 0 bridgehead atoms. The van der Waals surface area contributed by atoms with Crippen LogP contribution in [-0.2, 0) is 33.2 Å². The second-order valence-corrected chi connectivity index (χ2v) is 16.9. The van der Waals surface area contributed by atoms with Crippen LogP contribution in [0.1, 0.15) is 41.4 Å². The second kappa shape index (κ2) is 18.6. The molecule has 2 aliphatic carbocycles. The lowest BCUT2D eigenvalue weighted by atomic mass is 9.78. The molecule has 3 heterocycles. The molecule has 0 aromatic heterocycles. The van der Waals surface area contributed by atoms with Gasteiger partial charge in [0, 0.05) is 29.3 Å². The molecule has 3 aliphatic heterocycles. The Labute approximate surface area is 429 Å². The van der Waals surface area contributed by atoms with E-state index in [2.05, 4.69) is 0 Å². The SMILES string of the molecule is O=CC(OC(=O)c1cc(O)c(O)c(O)c1OC1=C(O)C2OC(=[OH+])C3=CC(O)=C(O)C4OC(=[OH+])C(=C1)C2=C34)C(OC(=O)c1cc(O)c(O)c(O)c1)C1OC(=O)c2cc(O)c(O)c(O)c2-c2c(cc(O)c(O)c2O)C(=O)OCC1O. The van der Waals surface area contributed by atoms with Crippen LogP contribution in [0.2, 0.25) is 0 Å². The molecule has 9 rings (SSSR count). The lowest BCUT2D eigenvalue weighted by molar-refractivity contribution is -0.142. The van der Waals surface area contributed by atoms with Crippen LogP contribution in [0, 0.1) is 0 Å². The van der Waals surface area contributed by atoms with Crippen molar-refractivity contribution < 1.29 is 148 Å². The number of benzene rings is 4. The Bertz CT molecular complexity index is 3590. The van der Waals surface area contributed by atoms with Crippen molar-refractivity contribution in [2.24, 2.45) is 0 Å². The zero-order valence-electron chi connectivity index (χ0n) is 38.2. The molecule has 78 heavy (non-hydrogen) atoms. The van der Waals surface area contributed by atoms with Crippen LogP contribution >= 0.6 is 0 Å². The maximum Gasteiger partial charge on any atom is 0.519 e. The maximum atomic E-state index is 14.4. The van der Waals surface area contributed by atoms with Crippen molar-refractivity contribution in [1.29, 1.82) is 0 Å². The van der Waals surface area contributed by atoms with Gasteiger partial charge in [-0.15, -0.1) is 0 Å². The molecule has 4 aromatic rings. The van der Waals surface area contributed by atoms with Crippen molar-refractivity contribution in [3.63, 3.8) is 0 Å². The quantitative estimate of drug-likeness (QED) is 0.0365. The maximum absolute atomic E-state index is 14.4. The van der Waals surface area contributed by atoms with E-state index in [4.69, 9.17) is 33.2 Å². The fourth-order valence-electron chi connectivity index (χ4n) is 8.57. The fraction of sp³-hybridized carbons (Fsp3) is 0.146. The number of carbonyl (C=O) groups is 5. The number of allylic oxidation sites excluding steroid dienone is 2. The number of aliphatic hydroxyl groups is 4. The minimum atomic E-state index is -2.86. The highest BCUT2D eigenvalue weighted by atomic mass is 16.6. The van der Waals surface area contributed by atoms with Gasteiger partial charge in [-0.25, -0.2) is 19.2 Å². The van der Waals surface area contributed by atoms with Crippen LogP contribution in [0.25, 0.3) is 11.1 Å². The molecule has 6 unspecified atom stereocenters. The molecule has 4 aromatic carbocycles. The number of hydrogen-bond donors (Lipinski definition) is 16. The van der Waals surface area contributed by atoms with Gasteiger partial charge in [-0.3, -0.25) is 4.79 Å². The van der Waals surface area contributed by atoms with Crippen molar-refractivity contribution in [2.75, 3.05) is 6.61 Å². The molecule has 0 spiro atoms. The summed E-state index contributed by atoms with van der Waals surface area (Å²) in [7, 11) is 0. The molecule has 30 heteroatoms. The smallest absolute Gasteiger partial charge is 0.504 e. The number of hydrogen-bond acceptors (Lipinski definition) is 28. The number of cyclic esters (lactones) is 2. The summed E-state index contributed by atoms with van der Waals surface area (Å²) in [4.78, 5) is 91.3. The Hall–Kier alpha value is -11.2. The average Bonchev–Trinajstić information content (AvgIpc) is 3.61. The molecule has 0 saturated carbocycles. The number of phenols is 12. The van der Waals surface area contributed by atoms with E-state index in [9.17, 15) is 115 Å². The first-order valence-corrected chi connectivity index (χ1v) is 21.6. The Kier molecular flexibility index (Phi) is 12.4. The Balaban J connectivity index is 1.14. The lowest BCUT2D eigenvalue weighted by Crippen LogP contribution is -2.52. The lowest BCUT2D eigenvalue weighted by Gasteiger charge is -2.33. The highest BCUT2D eigenvalue weighted by Crippen LogP contribution is 2.54. The Morgan fingerprint density at radius 1 is 0.590 bits per heavy atom. The van der Waals surface area contributed by atoms with Gasteiger partial charge in [-0.05, 0) is 24.3 Å². The molecule has 5 aliphatic rings. The molecule has 0 saturated heterocycles. The highest BCUT2D eigenvalue weighted by molar-refractivity contribution is 6.09. The molecule has 6 atom stereocenters. The summed E-state index contributed by atoms with van der Waals surface area (Å²) < 4.78 is 37.7. The van der Waals surface area contributed by atoms with E-state index in [0.717, 1.165) is 12.2 Å². The van der Waals surface area contributed by atoms with Crippen LogP contribution in [0.4, 0.5) is 0 Å². The van der Waals surface area contributed by atoms with Gasteiger partial charge in [0.25, 0.3) is 12.2 Å². The summed E-state index contributed by atoms with van der Waals surface area (Å²) >= 11 is 0. The first-order valence-electron chi connectivity index (χ1n) is 21.6. The van der Waals surface area contributed by atoms with Gasteiger partial charge in [0.15, 0.2) is 87.9 Å². The zero-order valence-corrected chi connectivity index (χ0v) is 38.2. The first-order chi connectivity index (χ1) is 36.7. The van der Waals surface area contributed by atoms with Crippen molar-refractivity contribution in [2.45, 2.75) is 36.6 Å². The minimum absolute atomic E-state index is 0.151.